The van der Waals surface area contributed by atoms with Crippen molar-refractivity contribution in [3.8, 4) is 0 Å². The average molecular weight is 558 g/mol. The van der Waals surface area contributed by atoms with Crippen LogP contribution in [0.15, 0.2) is 72.8 Å². The van der Waals surface area contributed by atoms with Gasteiger partial charge in [0, 0.05) is 25.1 Å². The summed E-state index contributed by atoms with van der Waals surface area (Å²) in [6.07, 6.45) is 1.06. The van der Waals surface area contributed by atoms with Gasteiger partial charge in [-0.25, -0.2) is 17.2 Å². The summed E-state index contributed by atoms with van der Waals surface area (Å²) in [5, 5.41) is 2.87. The summed E-state index contributed by atoms with van der Waals surface area (Å²) < 4.78 is 53.7. The van der Waals surface area contributed by atoms with Crippen LogP contribution in [0, 0.1) is 18.6 Å². The van der Waals surface area contributed by atoms with Gasteiger partial charge in [0.25, 0.3) is 0 Å². The van der Waals surface area contributed by atoms with E-state index in [-0.39, 0.29) is 24.7 Å². The lowest BCUT2D eigenvalue weighted by molar-refractivity contribution is -0.140. The molecular formula is C29H33F2N3O4S. The van der Waals surface area contributed by atoms with Crippen molar-refractivity contribution in [2.45, 2.75) is 45.8 Å². The Kier molecular flexibility index (Phi) is 9.80. The maximum absolute atomic E-state index is 14.0. The van der Waals surface area contributed by atoms with E-state index in [4.69, 9.17) is 0 Å². The first-order valence-electron chi connectivity index (χ1n) is 12.5. The van der Waals surface area contributed by atoms with Crippen molar-refractivity contribution >= 4 is 27.5 Å². The quantitative estimate of drug-likeness (QED) is 0.383. The first-order valence-corrected chi connectivity index (χ1v) is 14.3. The molecule has 0 aliphatic rings. The minimum absolute atomic E-state index is 0.0267. The molecule has 0 fully saturated rings. The molecule has 1 atom stereocenters. The number of hydrogen-bond acceptors (Lipinski definition) is 4. The molecule has 0 heterocycles. The van der Waals surface area contributed by atoms with Crippen LogP contribution in [0.5, 0.6) is 0 Å². The van der Waals surface area contributed by atoms with E-state index in [9.17, 15) is 26.8 Å². The van der Waals surface area contributed by atoms with E-state index in [0.717, 1.165) is 41.1 Å². The Labute approximate surface area is 228 Å². The standard InChI is InChI=1S/C29H33F2N3O4S/c1-20(2)32-29(36)27(16-22-10-6-5-7-11-22)33(18-23-12-8-9-21(3)15-23)28(35)19-34(39(4,37)38)24-13-14-25(30)26(31)17-24/h5-15,17,20,27H,16,18-19H2,1-4H3,(H,32,36)/t27-/m1/s1. The molecule has 0 bridgehead atoms. The second-order valence-corrected chi connectivity index (χ2v) is 11.7. The largest absolute Gasteiger partial charge is 0.352 e. The fourth-order valence-corrected chi connectivity index (χ4v) is 5.04. The lowest BCUT2D eigenvalue weighted by Gasteiger charge is -2.34. The zero-order valence-electron chi connectivity index (χ0n) is 22.4. The van der Waals surface area contributed by atoms with Crippen molar-refractivity contribution in [3.63, 3.8) is 0 Å². The molecule has 3 aromatic carbocycles. The van der Waals surface area contributed by atoms with E-state index in [0.29, 0.717) is 4.31 Å². The Morgan fingerprint density at radius 1 is 0.897 bits per heavy atom. The van der Waals surface area contributed by atoms with Crippen molar-refractivity contribution in [2.75, 3.05) is 17.1 Å². The lowest BCUT2D eigenvalue weighted by atomic mass is 10.0. The van der Waals surface area contributed by atoms with Gasteiger partial charge >= 0.3 is 0 Å². The molecule has 0 aromatic heterocycles. The molecule has 0 unspecified atom stereocenters. The van der Waals surface area contributed by atoms with Crippen LogP contribution in [0.4, 0.5) is 14.5 Å². The molecule has 0 aliphatic carbocycles. The van der Waals surface area contributed by atoms with Gasteiger partial charge in [0.2, 0.25) is 21.8 Å². The van der Waals surface area contributed by atoms with Crippen molar-refractivity contribution in [3.05, 3.63) is 101 Å². The predicted octanol–water partition coefficient (Wildman–Crippen LogP) is 4.20. The minimum atomic E-state index is -4.08. The van der Waals surface area contributed by atoms with E-state index in [1.807, 2.05) is 61.5 Å². The third-order valence-corrected chi connectivity index (χ3v) is 7.15. The number of sulfonamides is 1. The number of hydrogen-bond donors (Lipinski definition) is 1. The van der Waals surface area contributed by atoms with E-state index in [2.05, 4.69) is 5.32 Å². The molecule has 208 valence electrons. The molecule has 7 nitrogen and oxygen atoms in total. The molecule has 3 rings (SSSR count). The van der Waals surface area contributed by atoms with Gasteiger partial charge in [0.15, 0.2) is 11.6 Å². The van der Waals surface area contributed by atoms with Crippen molar-refractivity contribution in [1.82, 2.24) is 10.2 Å². The number of anilines is 1. The van der Waals surface area contributed by atoms with Crippen LogP contribution in [-0.2, 0) is 32.6 Å². The Bertz CT molecular complexity index is 1420. The van der Waals surface area contributed by atoms with Gasteiger partial charge in [0.05, 0.1) is 11.9 Å². The number of amides is 2. The zero-order valence-corrected chi connectivity index (χ0v) is 23.2. The molecule has 39 heavy (non-hydrogen) atoms. The summed E-state index contributed by atoms with van der Waals surface area (Å²) in [6.45, 7) is 4.82. The number of halogens is 2. The fourth-order valence-electron chi connectivity index (χ4n) is 4.20. The Morgan fingerprint density at radius 2 is 1.56 bits per heavy atom. The van der Waals surface area contributed by atoms with E-state index in [1.54, 1.807) is 13.8 Å². The maximum Gasteiger partial charge on any atom is 0.244 e. The molecule has 3 aromatic rings. The monoisotopic (exact) mass is 557 g/mol. The summed E-state index contributed by atoms with van der Waals surface area (Å²) in [5.41, 5.74) is 2.30. The number of carbonyl (C=O) groups excluding carboxylic acids is 2. The highest BCUT2D eigenvalue weighted by Crippen LogP contribution is 2.22. The molecule has 10 heteroatoms. The molecule has 0 saturated heterocycles. The van der Waals surface area contributed by atoms with Gasteiger partial charge in [-0.2, -0.15) is 0 Å². The van der Waals surface area contributed by atoms with E-state index in [1.165, 1.54) is 4.90 Å². The normalized spacial score (nSPS) is 12.2. The minimum Gasteiger partial charge on any atom is -0.352 e. The smallest absolute Gasteiger partial charge is 0.244 e. The molecule has 0 saturated carbocycles. The molecular weight excluding hydrogens is 524 g/mol. The van der Waals surface area contributed by atoms with E-state index >= 15 is 0 Å². The Hall–Kier alpha value is -3.79. The Morgan fingerprint density at radius 3 is 2.15 bits per heavy atom. The zero-order chi connectivity index (χ0) is 28.7. The number of nitrogens with zero attached hydrogens (tertiary/aromatic N) is 2. The van der Waals surface area contributed by atoms with E-state index < -0.39 is 46.1 Å². The first-order chi connectivity index (χ1) is 18.3. The van der Waals surface area contributed by atoms with Crippen LogP contribution in [0.3, 0.4) is 0 Å². The Balaban J connectivity index is 2.07. The molecule has 0 radical (unpaired) electrons. The van der Waals surface area contributed by atoms with Crippen LogP contribution >= 0.6 is 0 Å². The summed E-state index contributed by atoms with van der Waals surface area (Å²) >= 11 is 0. The lowest BCUT2D eigenvalue weighted by Crippen LogP contribution is -2.54. The van der Waals surface area contributed by atoms with Crippen LogP contribution in [0.2, 0.25) is 0 Å². The average Bonchev–Trinajstić information content (AvgIpc) is 2.86. The van der Waals surface area contributed by atoms with Crippen LogP contribution in [-0.4, -0.2) is 50.0 Å². The maximum atomic E-state index is 14.0. The number of nitrogens with one attached hydrogen (secondary N) is 1. The van der Waals surface area contributed by atoms with Gasteiger partial charge in [-0.15, -0.1) is 0 Å². The SMILES string of the molecule is Cc1cccc(CN(C(=O)CN(c2ccc(F)c(F)c2)S(C)(=O)=O)[C@H](Cc2ccccc2)C(=O)NC(C)C)c1. The summed E-state index contributed by atoms with van der Waals surface area (Å²) in [7, 11) is -4.08. The van der Waals surface area contributed by atoms with Gasteiger partial charge in [-0.05, 0) is 44.0 Å². The topological polar surface area (TPSA) is 86.8 Å². The second-order valence-electron chi connectivity index (χ2n) is 9.75. The molecule has 0 aliphatic heterocycles. The van der Waals surface area contributed by atoms with Gasteiger partial charge in [0.1, 0.15) is 12.6 Å². The van der Waals surface area contributed by atoms with Crippen molar-refractivity contribution in [2.24, 2.45) is 0 Å². The van der Waals surface area contributed by atoms with Crippen LogP contribution in [0.1, 0.15) is 30.5 Å². The van der Waals surface area contributed by atoms with Crippen molar-refractivity contribution in [1.29, 1.82) is 0 Å². The van der Waals surface area contributed by atoms with Crippen LogP contribution in [0.25, 0.3) is 0 Å². The molecule has 2 amide bonds. The number of carbonyl (C=O) groups is 2. The highest BCUT2D eigenvalue weighted by atomic mass is 32.2. The molecule has 0 spiro atoms. The predicted molar refractivity (Wildman–Crippen MR) is 147 cm³/mol. The number of aryl methyl sites for hydroxylation is 1. The van der Waals surface area contributed by atoms with Gasteiger partial charge in [-0.1, -0.05) is 60.2 Å². The number of rotatable bonds is 11. The highest BCUT2D eigenvalue weighted by molar-refractivity contribution is 7.92. The highest BCUT2D eigenvalue weighted by Gasteiger charge is 2.33. The third kappa shape index (κ3) is 8.35. The van der Waals surface area contributed by atoms with Crippen LogP contribution < -0.4 is 9.62 Å². The number of benzene rings is 3. The second kappa shape index (κ2) is 12.8. The first kappa shape index (κ1) is 29.8. The van der Waals surface area contributed by atoms with Gasteiger partial charge < -0.3 is 10.2 Å². The summed E-state index contributed by atoms with van der Waals surface area (Å²) in [6, 6.07) is 18.0. The van der Waals surface area contributed by atoms with Crippen molar-refractivity contribution < 1.29 is 26.8 Å². The third-order valence-electron chi connectivity index (χ3n) is 6.01. The summed E-state index contributed by atoms with van der Waals surface area (Å²) in [4.78, 5) is 28.7. The fraction of sp³-hybridized carbons (Fsp3) is 0.310. The molecule has 1 N–H and O–H groups in total. The summed E-state index contributed by atoms with van der Waals surface area (Å²) in [5.74, 6) is -3.46. The van der Waals surface area contributed by atoms with Gasteiger partial charge in [-0.3, -0.25) is 13.9 Å².